The van der Waals surface area contributed by atoms with E-state index in [1.165, 1.54) is 16.7 Å². The van der Waals surface area contributed by atoms with Crippen LogP contribution in [0.15, 0.2) is 54.9 Å². The number of carbonyl (C=O) groups excluding carboxylic acids is 1. The van der Waals surface area contributed by atoms with Crippen LogP contribution < -0.4 is 4.74 Å². The molecular weight excluding hydrogens is 462 g/mol. The van der Waals surface area contributed by atoms with Crippen molar-refractivity contribution in [2.45, 2.75) is 39.8 Å². The third-order valence-corrected chi connectivity index (χ3v) is 7.43. The molecule has 1 amide bonds. The molecule has 5 rings (SSSR count). The van der Waals surface area contributed by atoms with Crippen molar-refractivity contribution >= 4 is 16.8 Å². The molecule has 194 valence electrons. The van der Waals surface area contributed by atoms with Crippen molar-refractivity contribution < 1.29 is 9.53 Å². The lowest BCUT2D eigenvalue weighted by Gasteiger charge is -2.33. The highest BCUT2D eigenvalue weighted by atomic mass is 16.5. The number of rotatable bonds is 8. The standard InChI is InChI=1S/C30H37N5O2/c1-21-22(2)32-29-27(21)11-6-12-28(29)30(36)35-13-7-9-24(19-35)20-37-26-10-5-8-23(14-26)16-33(3)17-25-15-31-34(4)18-25/h5-6,8,10-12,14-15,18,24,32H,7,9,13,16-17,19-20H2,1-4H3/t24-/m0/s1. The molecule has 37 heavy (non-hydrogen) atoms. The molecule has 7 heteroatoms. The van der Waals surface area contributed by atoms with E-state index in [1.807, 2.05) is 41.0 Å². The maximum atomic E-state index is 13.5. The Morgan fingerprint density at radius 1 is 1.16 bits per heavy atom. The summed E-state index contributed by atoms with van der Waals surface area (Å²) in [6.07, 6.45) is 6.03. The van der Waals surface area contributed by atoms with Crippen LogP contribution in [0.4, 0.5) is 0 Å². The van der Waals surface area contributed by atoms with Gasteiger partial charge in [0.25, 0.3) is 5.91 Å². The number of fused-ring (bicyclic) bond motifs is 1. The lowest BCUT2D eigenvalue weighted by molar-refractivity contribution is 0.0635. The van der Waals surface area contributed by atoms with E-state index in [0.717, 1.165) is 66.9 Å². The topological polar surface area (TPSA) is 66.4 Å². The molecular formula is C30H37N5O2. The van der Waals surface area contributed by atoms with E-state index in [9.17, 15) is 4.79 Å². The van der Waals surface area contributed by atoms with Crippen molar-refractivity contribution in [1.29, 1.82) is 0 Å². The molecule has 0 bridgehead atoms. The zero-order chi connectivity index (χ0) is 25.9. The van der Waals surface area contributed by atoms with Crippen LogP contribution in [0.3, 0.4) is 0 Å². The second kappa shape index (κ2) is 10.8. The predicted octanol–water partition coefficient (Wildman–Crippen LogP) is 5.08. The number of ether oxygens (including phenoxy) is 1. The number of para-hydroxylation sites is 1. The highest BCUT2D eigenvalue weighted by molar-refractivity contribution is 6.06. The zero-order valence-electron chi connectivity index (χ0n) is 22.3. The number of piperidine rings is 1. The summed E-state index contributed by atoms with van der Waals surface area (Å²) in [7, 11) is 4.06. The molecule has 1 atom stereocenters. The number of aromatic amines is 1. The van der Waals surface area contributed by atoms with Gasteiger partial charge in [0.15, 0.2) is 0 Å². The summed E-state index contributed by atoms with van der Waals surface area (Å²) in [5, 5.41) is 5.39. The highest BCUT2D eigenvalue weighted by Gasteiger charge is 2.26. The monoisotopic (exact) mass is 499 g/mol. The average Bonchev–Trinajstić information content (AvgIpc) is 3.43. The van der Waals surface area contributed by atoms with E-state index in [-0.39, 0.29) is 5.91 Å². The molecule has 2 aromatic carbocycles. The van der Waals surface area contributed by atoms with Crippen LogP contribution >= 0.6 is 0 Å². The van der Waals surface area contributed by atoms with Gasteiger partial charge in [-0.1, -0.05) is 24.3 Å². The van der Waals surface area contributed by atoms with E-state index in [0.29, 0.717) is 12.5 Å². The number of nitrogens with one attached hydrogen (secondary N) is 1. The van der Waals surface area contributed by atoms with E-state index in [2.05, 4.69) is 66.3 Å². The lowest BCUT2D eigenvalue weighted by Crippen LogP contribution is -2.41. The molecule has 0 saturated carbocycles. The van der Waals surface area contributed by atoms with Crippen LogP contribution in [0.25, 0.3) is 10.9 Å². The first-order chi connectivity index (χ1) is 17.9. The second-order valence-corrected chi connectivity index (χ2v) is 10.5. The number of aryl methyl sites for hydroxylation is 3. The Morgan fingerprint density at radius 2 is 1.97 bits per heavy atom. The Labute approximate surface area is 219 Å². The van der Waals surface area contributed by atoms with E-state index in [1.54, 1.807) is 0 Å². The minimum atomic E-state index is 0.107. The normalized spacial score (nSPS) is 16.0. The van der Waals surface area contributed by atoms with Crippen molar-refractivity contribution in [1.82, 2.24) is 24.6 Å². The molecule has 0 unspecified atom stereocenters. The third-order valence-electron chi connectivity index (χ3n) is 7.43. The van der Waals surface area contributed by atoms with E-state index < -0.39 is 0 Å². The van der Waals surface area contributed by atoms with Gasteiger partial charge >= 0.3 is 0 Å². The molecule has 0 aliphatic carbocycles. The Bertz CT molecular complexity index is 1390. The molecule has 7 nitrogen and oxygen atoms in total. The van der Waals surface area contributed by atoms with Crippen molar-refractivity contribution in [2.24, 2.45) is 13.0 Å². The van der Waals surface area contributed by atoms with Gasteiger partial charge in [-0.15, -0.1) is 0 Å². The van der Waals surface area contributed by atoms with E-state index >= 15 is 0 Å². The maximum Gasteiger partial charge on any atom is 0.255 e. The summed E-state index contributed by atoms with van der Waals surface area (Å²) in [5.74, 6) is 1.31. The van der Waals surface area contributed by atoms with E-state index in [4.69, 9.17) is 4.74 Å². The van der Waals surface area contributed by atoms with Crippen LogP contribution in [-0.2, 0) is 20.1 Å². The Hall–Kier alpha value is -3.58. The average molecular weight is 500 g/mol. The minimum Gasteiger partial charge on any atom is -0.493 e. The first-order valence-corrected chi connectivity index (χ1v) is 13.1. The van der Waals surface area contributed by atoms with Crippen molar-refractivity contribution in [2.75, 3.05) is 26.7 Å². The van der Waals surface area contributed by atoms with Gasteiger partial charge in [-0.3, -0.25) is 14.4 Å². The number of H-pyrrole nitrogens is 1. The second-order valence-electron chi connectivity index (χ2n) is 10.5. The number of aromatic nitrogens is 3. The summed E-state index contributed by atoms with van der Waals surface area (Å²) >= 11 is 0. The van der Waals surface area contributed by atoms with Crippen molar-refractivity contribution in [3.8, 4) is 5.75 Å². The summed E-state index contributed by atoms with van der Waals surface area (Å²) in [5.41, 5.74) is 6.45. The van der Waals surface area contributed by atoms with Gasteiger partial charge in [-0.2, -0.15) is 5.10 Å². The number of carbonyl (C=O) groups is 1. The fourth-order valence-corrected chi connectivity index (χ4v) is 5.40. The van der Waals surface area contributed by atoms with Gasteiger partial charge in [-0.05, 0) is 63.1 Å². The van der Waals surface area contributed by atoms with Gasteiger partial charge < -0.3 is 14.6 Å². The number of hydrogen-bond donors (Lipinski definition) is 1. The summed E-state index contributed by atoms with van der Waals surface area (Å²) in [4.78, 5) is 21.2. The molecule has 1 aliphatic heterocycles. The summed E-state index contributed by atoms with van der Waals surface area (Å²) < 4.78 is 8.07. The lowest BCUT2D eigenvalue weighted by atomic mass is 9.97. The van der Waals surface area contributed by atoms with Crippen LogP contribution in [0.5, 0.6) is 5.75 Å². The smallest absolute Gasteiger partial charge is 0.255 e. The van der Waals surface area contributed by atoms with Gasteiger partial charge in [0, 0.05) is 62.0 Å². The molecule has 1 saturated heterocycles. The number of benzene rings is 2. The molecule has 3 heterocycles. The number of hydrogen-bond acceptors (Lipinski definition) is 4. The number of amides is 1. The van der Waals surface area contributed by atoms with Crippen LogP contribution in [0.2, 0.25) is 0 Å². The summed E-state index contributed by atoms with van der Waals surface area (Å²) in [6, 6.07) is 14.4. The fourth-order valence-electron chi connectivity index (χ4n) is 5.40. The zero-order valence-corrected chi connectivity index (χ0v) is 22.3. The predicted molar refractivity (Wildman–Crippen MR) is 147 cm³/mol. The Kier molecular flexibility index (Phi) is 7.33. The van der Waals surface area contributed by atoms with Crippen molar-refractivity contribution in [3.05, 3.63) is 82.8 Å². The molecule has 0 radical (unpaired) electrons. The van der Waals surface area contributed by atoms with Crippen LogP contribution in [0, 0.1) is 19.8 Å². The van der Waals surface area contributed by atoms with Crippen molar-refractivity contribution in [3.63, 3.8) is 0 Å². The SMILES string of the molecule is Cc1[nH]c2c(C(=O)N3CCC[C@H](COc4cccc(CN(C)Cc5cnn(C)c5)c4)C3)cccc2c1C. The van der Waals surface area contributed by atoms with Crippen LogP contribution in [0.1, 0.15) is 45.6 Å². The van der Waals surface area contributed by atoms with Gasteiger partial charge in [-0.25, -0.2) is 0 Å². The van der Waals surface area contributed by atoms with Gasteiger partial charge in [0.1, 0.15) is 5.75 Å². The third kappa shape index (κ3) is 5.72. The largest absolute Gasteiger partial charge is 0.493 e. The minimum absolute atomic E-state index is 0.107. The molecule has 1 N–H and O–H groups in total. The van der Waals surface area contributed by atoms with Gasteiger partial charge in [0.05, 0.1) is 23.9 Å². The molecule has 1 fully saturated rings. The number of likely N-dealkylation sites (tertiary alicyclic amines) is 1. The first kappa shape index (κ1) is 25.1. The molecule has 4 aromatic rings. The Morgan fingerprint density at radius 3 is 2.78 bits per heavy atom. The first-order valence-electron chi connectivity index (χ1n) is 13.1. The van der Waals surface area contributed by atoms with Crippen LogP contribution in [-0.4, -0.2) is 57.2 Å². The maximum absolute atomic E-state index is 13.5. The molecule has 1 aliphatic rings. The van der Waals surface area contributed by atoms with Gasteiger partial charge in [0.2, 0.25) is 0 Å². The molecule has 2 aromatic heterocycles. The fraction of sp³-hybridized carbons (Fsp3) is 0.400. The summed E-state index contributed by atoms with van der Waals surface area (Å²) in [6.45, 7) is 7.98. The number of nitrogens with zero attached hydrogens (tertiary/aromatic N) is 4. The molecule has 0 spiro atoms. The Balaban J connectivity index is 1.18. The highest BCUT2D eigenvalue weighted by Crippen LogP contribution is 2.27. The quantitative estimate of drug-likeness (QED) is 0.367.